The highest BCUT2D eigenvalue weighted by molar-refractivity contribution is 9.10. The summed E-state index contributed by atoms with van der Waals surface area (Å²) in [6.07, 6.45) is 1.68. The lowest BCUT2D eigenvalue weighted by Gasteiger charge is -2.15. The minimum Gasteiger partial charge on any atom is -0.492 e. The largest absolute Gasteiger partial charge is 0.492 e. The Hall–Kier alpha value is -2.07. The van der Waals surface area contributed by atoms with Crippen molar-refractivity contribution in [3.05, 3.63) is 61.9 Å². The highest BCUT2D eigenvalue weighted by atomic mass is 79.9. The molecule has 0 aliphatic carbocycles. The zero-order valence-electron chi connectivity index (χ0n) is 15.9. The van der Waals surface area contributed by atoms with Crippen molar-refractivity contribution in [3.8, 4) is 11.5 Å². The molecule has 2 aromatic rings. The molecule has 0 atom stereocenters. The highest BCUT2D eigenvalue weighted by Crippen LogP contribution is 2.38. The summed E-state index contributed by atoms with van der Waals surface area (Å²) >= 11 is 15.7. The van der Waals surface area contributed by atoms with Crippen LogP contribution in [0.25, 0.3) is 6.08 Å². The number of methoxy groups -OCH3 is 1. The Kier molecular flexibility index (Phi) is 7.41. The summed E-state index contributed by atoms with van der Waals surface area (Å²) in [4.78, 5) is 25.6. The van der Waals surface area contributed by atoms with Gasteiger partial charge in [-0.25, -0.2) is 0 Å². The van der Waals surface area contributed by atoms with Crippen LogP contribution in [0.1, 0.15) is 22.8 Å². The molecular formula is C20H16BrClN2O4S2. The number of nitrogens with one attached hydrogen (secondary N) is 1. The molecule has 0 bridgehead atoms. The van der Waals surface area contributed by atoms with Gasteiger partial charge in [-0.15, -0.1) is 0 Å². The average molecular weight is 528 g/mol. The highest BCUT2D eigenvalue weighted by Gasteiger charge is 2.34. The standard InChI is InChI=1S/C20H16BrClN2O4S2/c1-3-28-15-8-11(7-14(21)17(15)27-2)9-16-19(26)24(20(29)30-16)23-18(25)12-5-4-6-13(22)10-12/h4-10H,3H2,1-2H3,(H,23,25)/b16-9-. The second-order valence-electron chi connectivity index (χ2n) is 5.94. The molecule has 1 aliphatic rings. The van der Waals surface area contributed by atoms with Crippen LogP contribution in [0.5, 0.6) is 11.5 Å². The quantitative estimate of drug-likeness (QED) is 0.419. The van der Waals surface area contributed by atoms with Gasteiger partial charge in [-0.1, -0.05) is 29.4 Å². The van der Waals surface area contributed by atoms with E-state index >= 15 is 0 Å². The van der Waals surface area contributed by atoms with E-state index in [-0.39, 0.29) is 4.32 Å². The number of thiocarbonyl (C=S) groups is 1. The molecule has 0 saturated carbocycles. The SMILES string of the molecule is CCOc1cc(/C=C2\SC(=S)N(NC(=O)c3cccc(Cl)c3)C2=O)cc(Br)c1OC. The summed E-state index contributed by atoms with van der Waals surface area (Å²) in [6.45, 7) is 2.33. The van der Waals surface area contributed by atoms with Crippen molar-refractivity contribution in [2.24, 2.45) is 0 Å². The molecule has 2 aromatic carbocycles. The van der Waals surface area contributed by atoms with Crippen LogP contribution in [0.2, 0.25) is 5.02 Å². The third-order valence-electron chi connectivity index (χ3n) is 3.93. The lowest BCUT2D eigenvalue weighted by Crippen LogP contribution is -2.44. The molecule has 1 N–H and O–H groups in total. The van der Waals surface area contributed by atoms with E-state index < -0.39 is 11.8 Å². The first-order chi connectivity index (χ1) is 14.3. The number of hydrazine groups is 1. The fraction of sp³-hybridized carbons (Fsp3) is 0.150. The number of halogens is 2. The summed E-state index contributed by atoms with van der Waals surface area (Å²) in [5.41, 5.74) is 3.56. The summed E-state index contributed by atoms with van der Waals surface area (Å²) in [7, 11) is 1.55. The fourth-order valence-corrected chi connectivity index (χ4v) is 4.63. The number of carbonyl (C=O) groups is 2. The van der Waals surface area contributed by atoms with Gasteiger partial charge in [0.2, 0.25) is 0 Å². The van der Waals surface area contributed by atoms with Crippen molar-refractivity contribution < 1.29 is 19.1 Å². The van der Waals surface area contributed by atoms with Gasteiger partial charge in [0.05, 0.1) is 23.1 Å². The molecule has 1 heterocycles. The van der Waals surface area contributed by atoms with E-state index in [2.05, 4.69) is 21.4 Å². The fourth-order valence-electron chi connectivity index (χ4n) is 2.64. The van der Waals surface area contributed by atoms with E-state index in [0.29, 0.717) is 43.6 Å². The molecule has 0 spiro atoms. The number of amides is 2. The summed E-state index contributed by atoms with van der Waals surface area (Å²) in [5, 5.41) is 1.47. The number of benzene rings is 2. The summed E-state index contributed by atoms with van der Waals surface area (Å²) in [5.74, 6) is 0.201. The number of hydrogen-bond donors (Lipinski definition) is 1. The Morgan fingerprint density at radius 2 is 2.13 bits per heavy atom. The van der Waals surface area contributed by atoms with Gasteiger partial charge in [-0.2, -0.15) is 5.01 Å². The molecule has 0 unspecified atom stereocenters. The smallest absolute Gasteiger partial charge is 0.285 e. The van der Waals surface area contributed by atoms with Gasteiger partial charge in [-0.05, 0) is 77.0 Å². The lowest BCUT2D eigenvalue weighted by molar-refractivity contribution is -0.123. The van der Waals surface area contributed by atoms with Gasteiger partial charge in [0.1, 0.15) is 0 Å². The van der Waals surface area contributed by atoms with Crippen LogP contribution in [0.3, 0.4) is 0 Å². The van der Waals surface area contributed by atoms with Gasteiger partial charge in [-0.3, -0.25) is 15.0 Å². The molecule has 1 fully saturated rings. The number of rotatable bonds is 6. The predicted octanol–water partition coefficient (Wildman–Crippen LogP) is 5.06. The summed E-state index contributed by atoms with van der Waals surface area (Å²) < 4.78 is 11.9. The van der Waals surface area contributed by atoms with E-state index in [1.54, 1.807) is 43.5 Å². The number of thioether (sulfide) groups is 1. The molecule has 1 saturated heterocycles. The van der Waals surface area contributed by atoms with Crippen LogP contribution in [-0.4, -0.2) is 34.9 Å². The zero-order valence-corrected chi connectivity index (χ0v) is 19.9. The third-order valence-corrected chi connectivity index (χ3v) is 6.05. The predicted molar refractivity (Wildman–Crippen MR) is 126 cm³/mol. The molecule has 0 aromatic heterocycles. The van der Waals surface area contributed by atoms with Gasteiger partial charge in [0.15, 0.2) is 15.8 Å². The molecule has 1 aliphatic heterocycles. The zero-order chi connectivity index (χ0) is 21.8. The van der Waals surface area contributed by atoms with Crippen LogP contribution in [0.4, 0.5) is 0 Å². The Morgan fingerprint density at radius 3 is 2.80 bits per heavy atom. The van der Waals surface area contributed by atoms with E-state index in [4.69, 9.17) is 33.3 Å². The molecule has 3 rings (SSSR count). The second kappa shape index (κ2) is 9.82. The first-order valence-corrected chi connectivity index (χ1v) is 11.1. The first kappa shape index (κ1) is 22.6. The molecule has 6 nitrogen and oxygen atoms in total. The van der Waals surface area contributed by atoms with Crippen molar-refractivity contribution in [2.75, 3.05) is 13.7 Å². The van der Waals surface area contributed by atoms with Gasteiger partial charge in [0.25, 0.3) is 11.8 Å². The van der Waals surface area contributed by atoms with E-state index in [1.165, 1.54) is 6.07 Å². The Labute approximate surface area is 196 Å². The first-order valence-electron chi connectivity index (χ1n) is 8.69. The Balaban J connectivity index is 1.83. The monoisotopic (exact) mass is 526 g/mol. The van der Waals surface area contributed by atoms with Crippen LogP contribution in [0, 0.1) is 0 Å². The van der Waals surface area contributed by atoms with Gasteiger partial charge in [0, 0.05) is 10.6 Å². The van der Waals surface area contributed by atoms with E-state index in [9.17, 15) is 9.59 Å². The maximum absolute atomic E-state index is 12.8. The van der Waals surface area contributed by atoms with Gasteiger partial charge < -0.3 is 9.47 Å². The molecule has 156 valence electrons. The number of nitrogens with zero attached hydrogens (tertiary/aromatic N) is 1. The molecular weight excluding hydrogens is 512 g/mol. The maximum atomic E-state index is 12.8. The van der Waals surface area contributed by atoms with Crippen molar-refractivity contribution in [2.45, 2.75) is 6.92 Å². The molecule has 0 radical (unpaired) electrons. The van der Waals surface area contributed by atoms with Crippen LogP contribution >= 0.6 is 51.5 Å². The van der Waals surface area contributed by atoms with Gasteiger partial charge >= 0.3 is 0 Å². The molecule has 2 amide bonds. The normalized spacial score (nSPS) is 14.9. The molecule has 10 heteroatoms. The Morgan fingerprint density at radius 1 is 1.37 bits per heavy atom. The number of carbonyl (C=O) groups excluding carboxylic acids is 2. The number of ether oxygens (including phenoxy) is 2. The van der Waals surface area contributed by atoms with Crippen LogP contribution in [0.15, 0.2) is 45.8 Å². The average Bonchev–Trinajstić information content (AvgIpc) is 2.95. The minimum absolute atomic E-state index is 0.222. The summed E-state index contributed by atoms with van der Waals surface area (Å²) in [6, 6.07) is 9.99. The maximum Gasteiger partial charge on any atom is 0.285 e. The van der Waals surface area contributed by atoms with Crippen molar-refractivity contribution in [1.29, 1.82) is 0 Å². The minimum atomic E-state index is -0.485. The van der Waals surface area contributed by atoms with Crippen LogP contribution < -0.4 is 14.9 Å². The third kappa shape index (κ3) is 4.97. The number of hydrogen-bond acceptors (Lipinski definition) is 6. The van der Waals surface area contributed by atoms with Crippen molar-refractivity contribution in [1.82, 2.24) is 10.4 Å². The topological polar surface area (TPSA) is 67.9 Å². The van der Waals surface area contributed by atoms with Crippen molar-refractivity contribution in [3.63, 3.8) is 0 Å². The van der Waals surface area contributed by atoms with Crippen LogP contribution in [-0.2, 0) is 4.79 Å². The van der Waals surface area contributed by atoms with E-state index in [1.807, 2.05) is 6.92 Å². The Bertz CT molecular complexity index is 1060. The van der Waals surface area contributed by atoms with Crippen molar-refractivity contribution >= 4 is 73.7 Å². The van der Waals surface area contributed by atoms with E-state index in [0.717, 1.165) is 16.8 Å². The lowest BCUT2D eigenvalue weighted by atomic mass is 10.2. The second-order valence-corrected chi connectivity index (χ2v) is 8.90. The molecule has 30 heavy (non-hydrogen) atoms.